The Bertz CT molecular complexity index is 1740. The van der Waals surface area contributed by atoms with Crippen molar-refractivity contribution in [2.45, 2.75) is 33.4 Å². The number of benzene rings is 3. The van der Waals surface area contributed by atoms with Gasteiger partial charge in [0.1, 0.15) is 30.5 Å². The Morgan fingerprint density at radius 2 is 1.65 bits per heavy atom. The number of Topliss-reactive ketones (excluding diaryl/α,β-unsaturated/α-hetero) is 2. The molecule has 0 bridgehead atoms. The van der Waals surface area contributed by atoms with Gasteiger partial charge in [0.2, 0.25) is 0 Å². The van der Waals surface area contributed by atoms with E-state index in [-0.39, 0.29) is 22.2 Å². The van der Waals surface area contributed by atoms with Gasteiger partial charge in [0.15, 0.2) is 10.9 Å². The highest BCUT2D eigenvalue weighted by Gasteiger charge is 2.48. The van der Waals surface area contributed by atoms with E-state index in [1.165, 1.54) is 11.8 Å². The number of rotatable bonds is 10. The maximum Gasteiger partial charge on any atom is 0.301 e. The Balaban J connectivity index is 1.53. The number of carbonyl (C=O) groups is 3. The van der Waals surface area contributed by atoms with Gasteiger partial charge in [-0.3, -0.25) is 19.3 Å². The van der Waals surface area contributed by atoms with Crippen LogP contribution in [0.5, 0.6) is 11.5 Å². The number of ether oxygens (including phenoxy) is 2. The van der Waals surface area contributed by atoms with Gasteiger partial charge in [-0.15, -0.1) is 0 Å². The number of hydrogen-bond acceptors (Lipinski definition) is 8. The van der Waals surface area contributed by atoms with Crippen molar-refractivity contribution in [3.05, 3.63) is 124 Å². The third-order valence-corrected chi connectivity index (χ3v) is 8.36. The second-order valence-corrected chi connectivity index (χ2v) is 11.0. The number of thiazole rings is 1. The van der Waals surface area contributed by atoms with E-state index < -0.39 is 17.7 Å². The number of nitrogens with zero attached hydrogens (tertiary/aromatic N) is 2. The average Bonchev–Trinajstić information content (AvgIpc) is 3.52. The third-order valence-electron chi connectivity index (χ3n) is 7.10. The number of amides is 1. The average molecular weight is 595 g/mol. The van der Waals surface area contributed by atoms with Crippen molar-refractivity contribution >= 4 is 39.7 Å². The van der Waals surface area contributed by atoms with Gasteiger partial charge in [-0.25, -0.2) is 4.98 Å². The van der Waals surface area contributed by atoms with Gasteiger partial charge in [-0.2, -0.15) is 0 Å². The van der Waals surface area contributed by atoms with Crippen LogP contribution >= 0.6 is 11.3 Å². The van der Waals surface area contributed by atoms with Crippen LogP contribution in [0.15, 0.2) is 91.0 Å². The number of aliphatic hydroxyl groups is 1. The number of ketones is 2. The van der Waals surface area contributed by atoms with Crippen LogP contribution in [0.1, 0.15) is 50.6 Å². The zero-order valence-corrected chi connectivity index (χ0v) is 24.8. The van der Waals surface area contributed by atoms with Crippen molar-refractivity contribution in [1.29, 1.82) is 0 Å². The number of aliphatic hydroxyl groups excluding tert-OH is 1. The first-order valence-electron chi connectivity index (χ1n) is 13.6. The molecular formula is C34H30N2O6S. The molecule has 0 aliphatic carbocycles. The molecule has 1 N–H and O–H groups in total. The van der Waals surface area contributed by atoms with Crippen LogP contribution < -0.4 is 14.4 Å². The summed E-state index contributed by atoms with van der Waals surface area (Å²) in [6, 6.07) is 20.5. The molecule has 4 aromatic rings. The Morgan fingerprint density at radius 1 is 1.00 bits per heavy atom. The van der Waals surface area contributed by atoms with E-state index in [2.05, 4.69) is 11.6 Å². The largest absolute Gasteiger partial charge is 0.507 e. The number of anilines is 1. The van der Waals surface area contributed by atoms with Crippen LogP contribution in [0.2, 0.25) is 0 Å². The molecule has 0 spiro atoms. The molecular weight excluding hydrogens is 564 g/mol. The Labute approximate surface area is 253 Å². The molecule has 43 heavy (non-hydrogen) atoms. The fraction of sp³-hybridized carbons (Fsp3) is 0.176. The van der Waals surface area contributed by atoms with Gasteiger partial charge < -0.3 is 14.6 Å². The molecule has 3 aromatic carbocycles. The maximum absolute atomic E-state index is 13.5. The van der Waals surface area contributed by atoms with Gasteiger partial charge in [0.25, 0.3) is 5.78 Å². The van der Waals surface area contributed by atoms with E-state index in [1.54, 1.807) is 61.5 Å². The van der Waals surface area contributed by atoms with Crippen molar-refractivity contribution in [3.8, 4) is 11.5 Å². The van der Waals surface area contributed by atoms with Crippen LogP contribution in [0, 0.1) is 13.8 Å². The molecule has 8 nitrogen and oxygen atoms in total. The summed E-state index contributed by atoms with van der Waals surface area (Å²) in [5, 5.41) is 11.7. The SMILES string of the molecule is C=CCOc1ccc(C2C(=C(O)c3ccc(OCc4ccccc4C)cc3)C(=O)C(=O)N2c2nc(C)c(C(C)=O)s2)cc1. The first-order valence-corrected chi connectivity index (χ1v) is 14.4. The highest BCUT2D eigenvalue weighted by molar-refractivity contribution is 7.18. The minimum Gasteiger partial charge on any atom is -0.507 e. The highest BCUT2D eigenvalue weighted by atomic mass is 32.1. The van der Waals surface area contributed by atoms with E-state index in [0.717, 1.165) is 22.5 Å². The molecule has 1 atom stereocenters. The normalized spacial score (nSPS) is 15.9. The lowest BCUT2D eigenvalue weighted by Gasteiger charge is -2.23. The fourth-order valence-electron chi connectivity index (χ4n) is 4.86. The van der Waals surface area contributed by atoms with Crippen LogP contribution in [0.3, 0.4) is 0 Å². The molecule has 5 rings (SSSR count). The summed E-state index contributed by atoms with van der Waals surface area (Å²) in [5.74, 6) is -1.06. The third kappa shape index (κ3) is 5.98. The first-order chi connectivity index (χ1) is 20.7. The van der Waals surface area contributed by atoms with Crippen LogP contribution in [0.25, 0.3) is 5.76 Å². The minimum atomic E-state index is -0.990. The molecule has 1 aliphatic heterocycles. The predicted octanol–water partition coefficient (Wildman–Crippen LogP) is 6.73. The molecule has 1 amide bonds. The van der Waals surface area contributed by atoms with Crippen molar-refractivity contribution < 1.29 is 29.0 Å². The Morgan fingerprint density at radius 3 is 2.28 bits per heavy atom. The van der Waals surface area contributed by atoms with E-state index in [9.17, 15) is 19.5 Å². The Hall–Kier alpha value is -5.02. The molecule has 9 heteroatoms. The van der Waals surface area contributed by atoms with E-state index in [4.69, 9.17) is 9.47 Å². The van der Waals surface area contributed by atoms with Crippen LogP contribution in [0.4, 0.5) is 5.13 Å². The van der Waals surface area contributed by atoms with E-state index in [1.807, 2.05) is 31.2 Å². The maximum atomic E-state index is 13.5. The molecule has 218 valence electrons. The summed E-state index contributed by atoms with van der Waals surface area (Å²) >= 11 is 1.04. The summed E-state index contributed by atoms with van der Waals surface area (Å²) in [7, 11) is 0. The lowest BCUT2D eigenvalue weighted by atomic mass is 9.95. The smallest absolute Gasteiger partial charge is 0.301 e. The molecule has 2 heterocycles. The minimum absolute atomic E-state index is 0.0874. The van der Waals surface area contributed by atoms with Gasteiger partial charge in [-0.05, 0) is 66.9 Å². The van der Waals surface area contributed by atoms with Crippen molar-refractivity contribution in [3.63, 3.8) is 0 Å². The number of aromatic nitrogens is 1. The zero-order valence-electron chi connectivity index (χ0n) is 24.0. The number of hydrogen-bond donors (Lipinski definition) is 1. The first kappa shape index (κ1) is 29.5. The number of aryl methyl sites for hydroxylation is 2. The van der Waals surface area contributed by atoms with Crippen molar-refractivity contribution in [2.24, 2.45) is 0 Å². The summed E-state index contributed by atoms with van der Waals surface area (Å²) in [6.07, 6.45) is 1.62. The lowest BCUT2D eigenvalue weighted by molar-refractivity contribution is -0.132. The van der Waals surface area contributed by atoms with E-state index >= 15 is 0 Å². The summed E-state index contributed by atoms with van der Waals surface area (Å²) in [6.45, 7) is 9.46. The zero-order chi connectivity index (χ0) is 30.7. The standard InChI is InChI=1S/C34H30N2O6S/c1-5-18-41-26-14-10-23(11-15-26)29-28(31(39)33(40)36(29)34-35-21(3)32(43-34)22(4)37)30(38)24-12-16-27(17-13-24)42-19-25-9-7-6-8-20(25)2/h5-17,29,38H,1,18-19H2,2-4H3. The Kier molecular flexibility index (Phi) is 8.54. The topological polar surface area (TPSA) is 106 Å². The van der Waals surface area contributed by atoms with Gasteiger partial charge >= 0.3 is 5.91 Å². The van der Waals surface area contributed by atoms with Gasteiger partial charge in [-0.1, -0.05) is 60.4 Å². The second kappa shape index (κ2) is 12.5. The van der Waals surface area contributed by atoms with E-state index in [0.29, 0.717) is 46.4 Å². The van der Waals surface area contributed by atoms with Gasteiger partial charge in [0, 0.05) is 12.5 Å². The number of carbonyl (C=O) groups excluding carboxylic acids is 3. The van der Waals surface area contributed by atoms with Crippen molar-refractivity contribution in [2.75, 3.05) is 11.5 Å². The quantitative estimate of drug-likeness (QED) is 0.0713. The monoisotopic (exact) mass is 594 g/mol. The molecule has 0 radical (unpaired) electrons. The molecule has 1 unspecified atom stereocenters. The fourth-order valence-corrected chi connectivity index (χ4v) is 5.85. The van der Waals surface area contributed by atoms with Gasteiger partial charge in [0.05, 0.1) is 22.2 Å². The summed E-state index contributed by atoms with van der Waals surface area (Å²) in [4.78, 5) is 45.3. The van der Waals surface area contributed by atoms with Crippen LogP contribution in [-0.4, -0.2) is 34.2 Å². The molecule has 0 saturated carbocycles. The lowest BCUT2D eigenvalue weighted by Crippen LogP contribution is -2.29. The molecule has 1 aliphatic rings. The highest BCUT2D eigenvalue weighted by Crippen LogP contribution is 2.44. The second-order valence-electron chi connectivity index (χ2n) is 10.0. The summed E-state index contributed by atoms with van der Waals surface area (Å²) in [5.41, 5.74) is 3.45. The summed E-state index contributed by atoms with van der Waals surface area (Å²) < 4.78 is 11.5. The van der Waals surface area contributed by atoms with Crippen LogP contribution in [-0.2, 0) is 16.2 Å². The van der Waals surface area contributed by atoms with Crippen molar-refractivity contribution in [1.82, 2.24) is 4.98 Å². The molecule has 1 saturated heterocycles. The molecule has 1 fully saturated rings. The molecule has 1 aromatic heterocycles. The predicted molar refractivity (Wildman–Crippen MR) is 166 cm³/mol.